The molecule has 5 heteroatoms. The Morgan fingerprint density at radius 2 is 0.934 bits per heavy atom. The molecule has 0 aliphatic carbocycles. The van der Waals surface area contributed by atoms with Crippen molar-refractivity contribution in [2.24, 2.45) is 0 Å². The smallest absolute Gasteiger partial charge is 0.145 e. The topological polar surface area (TPSA) is 70.6 Å². The fourth-order valence-corrected chi connectivity index (χ4v) is 9.37. The lowest BCUT2D eigenvalue weighted by molar-refractivity contribution is 0.673. The molecule has 3 aromatic heterocycles. The third-order valence-electron chi connectivity index (χ3n) is 12.1. The zero-order chi connectivity index (χ0) is 40.6. The number of rotatable bonds is 5. The second kappa shape index (κ2) is 13.5. The van der Waals surface area contributed by atoms with Gasteiger partial charge in [0.2, 0.25) is 0 Å². The number of para-hydroxylation sites is 3. The molecule has 3 heterocycles. The maximum Gasteiger partial charge on any atom is 0.145 e. The Bertz CT molecular complexity index is 3740. The average molecular weight is 777 g/mol. The van der Waals surface area contributed by atoms with Crippen molar-refractivity contribution in [3.63, 3.8) is 0 Å². The number of hydrogen-bond acceptors (Lipinski definition) is 3. The summed E-state index contributed by atoms with van der Waals surface area (Å²) in [4.78, 5) is 0. The third-order valence-corrected chi connectivity index (χ3v) is 12.1. The Labute approximate surface area is 350 Å². The van der Waals surface area contributed by atoms with Gasteiger partial charge in [0.25, 0.3) is 0 Å². The van der Waals surface area contributed by atoms with E-state index in [4.69, 9.17) is 4.42 Å². The van der Waals surface area contributed by atoms with Crippen molar-refractivity contribution < 1.29 is 4.42 Å². The minimum Gasteiger partial charge on any atom is -0.455 e. The Morgan fingerprint density at radius 1 is 0.361 bits per heavy atom. The lowest BCUT2D eigenvalue weighted by atomic mass is 9.92. The maximum atomic E-state index is 9.50. The zero-order valence-corrected chi connectivity index (χ0v) is 32.7. The number of fused-ring (bicyclic) bond motifs is 11. The van der Waals surface area contributed by atoms with Crippen molar-refractivity contribution in [3.8, 4) is 56.9 Å². The van der Waals surface area contributed by atoms with Crippen LogP contribution in [0.1, 0.15) is 11.1 Å². The highest BCUT2D eigenvalue weighted by Gasteiger charge is 2.24. The van der Waals surface area contributed by atoms with Gasteiger partial charge in [0.1, 0.15) is 11.2 Å². The van der Waals surface area contributed by atoms with Crippen molar-refractivity contribution in [2.45, 2.75) is 0 Å². The van der Waals surface area contributed by atoms with Gasteiger partial charge in [0, 0.05) is 38.3 Å². The van der Waals surface area contributed by atoms with E-state index in [2.05, 4.69) is 161 Å². The summed E-state index contributed by atoms with van der Waals surface area (Å²) in [5, 5.41) is 25.8. The van der Waals surface area contributed by atoms with Crippen LogP contribution in [0.25, 0.3) is 110 Å². The average Bonchev–Trinajstić information content (AvgIpc) is 3.99. The van der Waals surface area contributed by atoms with Crippen molar-refractivity contribution in [1.82, 2.24) is 9.13 Å². The second-order valence-electron chi connectivity index (χ2n) is 15.5. The Morgan fingerprint density at radius 3 is 1.62 bits per heavy atom. The van der Waals surface area contributed by atoms with E-state index in [-0.39, 0.29) is 0 Å². The van der Waals surface area contributed by atoms with Gasteiger partial charge in [-0.15, -0.1) is 0 Å². The first kappa shape index (κ1) is 34.4. The highest BCUT2D eigenvalue weighted by molar-refractivity contribution is 6.31. The Balaban J connectivity index is 1.11. The van der Waals surface area contributed by atoms with E-state index < -0.39 is 0 Å². The summed E-state index contributed by atoms with van der Waals surface area (Å²) >= 11 is 0. The number of nitriles is 2. The van der Waals surface area contributed by atoms with Gasteiger partial charge >= 0.3 is 0 Å². The van der Waals surface area contributed by atoms with Gasteiger partial charge in [-0.1, -0.05) is 91.0 Å². The van der Waals surface area contributed by atoms with Gasteiger partial charge in [-0.25, -0.2) is 0 Å². The van der Waals surface area contributed by atoms with Crippen molar-refractivity contribution in [1.29, 1.82) is 10.5 Å². The van der Waals surface area contributed by atoms with E-state index in [1.54, 1.807) is 0 Å². The van der Waals surface area contributed by atoms with Crippen LogP contribution in [0.4, 0.5) is 0 Å². The van der Waals surface area contributed by atoms with E-state index in [0.717, 1.165) is 99.5 Å². The SMILES string of the molecule is N#Cc1ccc(-c2cc(-c3ccc(C#N)cc3)cc(-c3cccc(-n4c5ccccc5c5c4ccc4c6c7oc8ccccc8c7ccc6n(-c6ccccc6)c45)c3)c2)cc1. The monoisotopic (exact) mass is 776 g/mol. The number of aromatic nitrogens is 2. The summed E-state index contributed by atoms with van der Waals surface area (Å²) in [7, 11) is 0. The van der Waals surface area contributed by atoms with Crippen LogP contribution in [0.2, 0.25) is 0 Å². The van der Waals surface area contributed by atoms with Crippen LogP contribution in [-0.4, -0.2) is 9.13 Å². The first-order chi connectivity index (χ1) is 30.1. The lowest BCUT2D eigenvalue weighted by Crippen LogP contribution is -1.96. The highest BCUT2D eigenvalue weighted by atomic mass is 16.3. The molecule has 12 rings (SSSR count). The van der Waals surface area contributed by atoms with E-state index in [1.165, 1.54) is 10.8 Å². The van der Waals surface area contributed by atoms with E-state index in [0.29, 0.717) is 11.1 Å². The summed E-state index contributed by atoms with van der Waals surface area (Å²) in [5.41, 5.74) is 15.9. The van der Waals surface area contributed by atoms with Crippen molar-refractivity contribution in [2.75, 3.05) is 0 Å². The second-order valence-corrected chi connectivity index (χ2v) is 15.5. The normalized spacial score (nSPS) is 11.6. The predicted molar refractivity (Wildman–Crippen MR) is 248 cm³/mol. The molecule has 0 amide bonds. The molecule has 61 heavy (non-hydrogen) atoms. The number of furan rings is 1. The van der Waals surface area contributed by atoms with Crippen molar-refractivity contribution in [3.05, 3.63) is 205 Å². The molecule has 0 saturated heterocycles. The molecule has 0 radical (unpaired) electrons. The standard InChI is InChI=1S/C56H32N4O/c57-33-35-17-21-37(22-18-35)40-29-41(38-23-19-36(34-58)20-24-38)31-42(30-40)39-9-8-12-44(32-39)59-49-15-6-4-14-47(49)53-50(59)28-26-48-54-51(60(55(48)53)43-10-2-1-3-11-43)27-25-46-45-13-5-7-16-52(45)61-56(46)54/h1-32H. The van der Waals surface area contributed by atoms with Gasteiger partial charge in [0.15, 0.2) is 0 Å². The lowest BCUT2D eigenvalue weighted by Gasteiger charge is -2.14. The highest BCUT2D eigenvalue weighted by Crippen LogP contribution is 2.46. The van der Waals surface area contributed by atoms with E-state index in [9.17, 15) is 10.5 Å². The molecule has 0 unspecified atom stereocenters. The van der Waals surface area contributed by atoms with Crippen LogP contribution in [0.5, 0.6) is 0 Å². The first-order valence-corrected chi connectivity index (χ1v) is 20.3. The summed E-state index contributed by atoms with van der Waals surface area (Å²) in [6.07, 6.45) is 0. The molecule has 0 spiro atoms. The minimum absolute atomic E-state index is 0.621. The molecular formula is C56H32N4O. The zero-order valence-electron chi connectivity index (χ0n) is 32.7. The van der Waals surface area contributed by atoms with E-state index in [1.807, 2.05) is 54.6 Å². The van der Waals surface area contributed by atoms with Crippen LogP contribution in [-0.2, 0) is 0 Å². The molecule has 0 fully saturated rings. The van der Waals surface area contributed by atoms with Gasteiger partial charge in [-0.05, 0) is 137 Å². The molecule has 0 N–H and O–H groups in total. The summed E-state index contributed by atoms with van der Waals surface area (Å²) in [6.45, 7) is 0. The first-order valence-electron chi connectivity index (χ1n) is 20.3. The molecule has 0 aliphatic rings. The number of hydrogen-bond donors (Lipinski definition) is 0. The molecule has 0 saturated carbocycles. The van der Waals surface area contributed by atoms with Crippen LogP contribution >= 0.6 is 0 Å². The minimum atomic E-state index is 0.621. The van der Waals surface area contributed by atoms with Gasteiger partial charge in [-0.3, -0.25) is 0 Å². The summed E-state index contributed by atoms with van der Waals surface area (Å²) in [6, 6.07) is 72.0. The molecular weight excluding hydrogens is 745 g/mol. The van der Waals surface area contributed by atoms with Gasteiger partial charge < -0.3 is 13.6 Å². The van der Waals surface area contributed by atoms with Gasteiger partial charge in [0.05, 0.1) is 50.7 Å². The number of nitrogens with zero attached hydrogens (tertiary/aromatic N) is 4. The Hall–Kier alpha value is -8.64. The maximum absolute atomic E-state index is 9.50. The van der Waals surface area contributed by atoms with Crippen LogP contribution < -0.4 is 0 Å². The van der Waals surface area contributed by atoms with Crippen molar-refractivity contribution >= 4 is 65.6 Å². The van der Waals surface area contributed by atoms with Crippen LogP contribution in [0.3, 0.4) is 0 Å². The molecule has 0 aliphatic heterocycles. The fraction of sp³-hybridized carbons (Fsp3) is 0. The Kier molecular flexibility index (Phi) is 7.59. The summed E-state index contributed by atoms with van der Waals surface area (Å²) in [5.74, 6) is 0. The molecule has 12 aromatic rings. The number of benzene rings is 9. The van der Waals surface area contributed by atoms with E-state index >= 15 is 0 Å². The molecule has 0 bridgehead atoms. The largest absolute Gasteiger partial charge is 0.455 e. The molecule has 0 atom stereocenters. The fourth-order valence-electron chi connectivity index (χ4n) is 9.37. The van der Waals surface area contributed by atoms with Gasteiger partial charge in [-0.2, -0.15) is 10.5 Å². The molecule has 282 valence electrons. The van der Waals surface area contributed by atoms with Crippen LogP contribution in [0, 0.1) is 22.7 Å². The summed E-state index contributed by atoms with van der Waals surface area (Å²) < 4.78 is 11.5. The molecule has 9 aromatic carbocycles. The third kappa shape index (κ3) is 5.32. The van der Waals surface area contributed by atoms with Crippen LogP contribution in [0.15, 0.2) is 199 Å². The molecule has 5 nitrogen and oxygen atoms in total. The quantitative estimate of drug-likeness (QED) is 0.175. The predicted octanol–water partition coefficient (Wildman–Crippen LogP) is 14.5.